The summed E-state index contributed by atoms with van der Waals surface area (Å²) in [6.45, 7) is -0.516. The van der Waals surface area contributed by atoms with Crippen LogP contribution in [0.25, 0.3) is 0 Å². The van der Waals surface area contributed by atoms with Crippen LogP contribution in [0.4, 0.5) is 27.8 Å². The van der Waals surface area contributed by atoms with E-state index in [2.05, 4.69) is 30.0 Å². The number of ether oxygens (including phenoxy) is 3. The lowest BCUT2D eigenvalue weighted by molar-refractivity contribution is -0.114. The van der Waals surface area contributed by atoms with Crippen molar-refractivity contribution in [2.45, 2.75) is 0 Å². The van der Waals surface area contributed by atoms with E-state index in [0.717, 1.165) is 0 Å². The van der Waals surface area contributed by atoms with E-state index in [4.69, 9.17) is 16.2 Å². The first kappa shape index (κ1) is 19.6. The number of carbonyl (C=O) groups is 2. The minimum Gasteiger partial charge on any atom is -0.455 e. The predicted octanol–water partition coefficient (Wildman–Crippen LogP) is 2.10. The van der Waals surface area contributed by atoms with Gasteiger partial charge in [0.15, 0.2) is 11.6 Å². The van der Waals surface area contributed by atoms with E-state index in [9.17, 15) is 9.59 Å². The average molecular weight is 374 g/mol. The van der Waals surface area contributed by atoms with Crippen molar-refractivity contribution < 1.29 is 23.8 Å². The molecule has 0 aliphatic carbocycles. The van der Waals surface area contributed by atoms with Crippen LogP contribution < -0.4 is 21.5 Å². The van der Waals surface area contributed by atoms with Gasteiger partial charge in [-0.25, -0.2) is 9.78 Å². The Bertz CT molecular complexity index is 842. The van der Waals surface area contributed by atoms with E-state index in [1.807, 2.05) is 0 Å². The zero-order chi connectivity index (χ0) is 19.6. The van der Waals surface area contributed by atoms with Gasteiger partial charge in [0.05, 0.1) is 13.7 Å². The number of anilines is 2. The minimum absolute atomic E-state index is 0.0704. The molecule has 0 atom stereocenters. The van der Waals surface area contributed by atoms with Crippen molar-refractivity contribution in [3.8, 4) is 5.75 Å². The van der Waals surface area contributed by atoms with Crippen LogP contribution in [-0.2, 0) is 14.3 Å². The summed E-state index contributed by atoms with van der Waals surface area (Å²) in [6.07, 6.45) is -0.866. The van der Waals surface area contributed by atoms with Crippen molar-refractivity contribution in [2.75, 3.05) is 31.5 Å². The van der Waals surface area contributed by atoms with Crippen LogP contribution in [0, 0.1) is 0 Å². The van der Waals surface area contributed by atoms with E-state index >= 15 is 0 Å². The van der Waals surface area contributed by atoms with Crippen molar-refractivity contribution >= 4 is 35.1 Å². The lowest BCUT2D eigenvalue weighted by Gasteiger charge is -2.08. The van der Waals surface area contributed by atoms with Gasteiger partial charge in [-0.3, -0.25) is 4.79 Å². The first-order valence-electron chi connectivity index (χ1n) is 7.64. The Balaban J connectivity index is 2.09. The van der Waals surface area contributed by atoms with Crippen LogP contribution in [0.1, 0.15) is 0 Å². The maximum atomic E-state index is 11.3. The molecule has 11 nitrogen and oxygen atoms in total. The van der Waals surface area contributed by atoms with Crippen molar-refractivity contribution in [1.29, 1.82) is 0 Å². The molecule has 0 saturated carbocycles. The van der Waals surface area contributed by atoms with E-state index in [1.54, 1.807) is 30.3 Å². The van der Waals surface area contributed by atoms with Crippen LogP contribution in [-0.4, -0.2) is 37.5 Å². The van der Waals surface area contributed by atoms with Gasteiger partial charge in [-0.2, -0.15) is 0 Å². The van der Waals surface area contributed by atoms with Crippen LogP contribution in [0.2, 0.25) is 0 Å². The third kappa shape index (κ3) is 5.93. The molecule has 2 rings (SSSR count). The lowest BCUT2D eigenvalue weighted by atomic mass is 10.3. The van der Waals surface area contributed by atoms with Gasteiger partial charge in [0.25, 0.3) is 0 Å². The van der Waals surface area contributed by atoms with Gasteiger partial charge in [-0.1, -0.05) is 12.1 Å². The third-order valence-corrected chi connectivity index (χ3v) is 3.04. The van der Waals surface area contributed by atoms with Crippen LogP contribution in [0.5, 0.6) is 5.75 Å². The van der Waals surface area contributed by atoms with Crippen molar-refractivity contribution in [1.82, 2.24) is 4.98 Å². The molecule has 5 N–H and O–H groups in total. The molecule has 11 heteroatoms. The number of benzene rings is 1. The summed E-state index contributed by atoms with van der Waals surface area (Å²) in [5, 5.41) is 10.6. The van der Waals surface area contributed by atoms with Gasteiger partial charge in [0, 0.05) is 0 Å². The van der Waals surface area contributed by atoms with Gasteiger partial charge >= 0.3 is 6.16 Å². The zero-order valence-electron chi connectivity index (χ0n) is 14.4. The second kappa shape index (κ2) is 9.68. The number of para-hydroxylation sites is 1. The highest BCUT2D eigenvalue weighted by Gasteiger charge is 2.07. The van der Waals surface area contributed by atoms with E-state index in [1.165, 1.54) is 13.2 Å². The number of carbonyl (C=O) groups excluding carboxylic acids is 2. The number of amides is 1. The Labute approximate surface area is 154 Å². The molecule has 0 spiro atoms. The highest BCUT2D eigenvalue weighted by Crippen LogP contribution is 2.30. The smallest absolute Gasteiger partial charge is 0.455 e. The molecule has 0 aliphatic heterocycles. The monoisotopic (exact) mass is 374 g/mol. The number of azo groups is 1. The number of nitrogen functional groups attached to an aromatic ring is 1. The summed E-state index contributed by atoms with van der Waals surface area (Å²) >= 11 is 0. The SMILES string of the molecule is COC(=O)OCOc1ccccc1N=Nc1ccc(NC(=O)CN)nc1N. The number of nitrogens with two attached hydrogens (primary N) is 2. The molecular formula is C16H18N6O5. The molecule has 0 fully saturated rings. The quantitative estimate of drug-likeness (QED) is 0.376. The molecule has 0 saturated heterocycles. The fraction of sp³-hybridized carbons (Fsp3) is 0.188. The number of nitrogens with zero attached hydrogens (tertiary/aromatic N) is 3. The third-order valence-electron chi connectivity index (χ3n) is 3.04. The Morgan fingerprint density at radius 3 is 2.59 bits per heavy atom. The predicted molar refractivity (Wildman–Crippen MR) is 95.9 cm³/mol. The topological polar surface area (TPSA) is 164 Å². The summed E-state index contributed by atoms with van der Waals surface area (Å²) in [5.74, 6) is 0.270. The standard InChI is InChI=1S/C16H18N6O5/c1-25-16(24)27-9-26-12-5-3-2-4-10(12)21-22-11-6-7-13(20-15(11)18)19-14(23)8-17/h2-7H,8-9,17H2,1H3,(H3,18,19,20,23). The Kier molecular flexibility index (Phi) is 7.02. The Hall–Kier alpha value is -3.73. The molecular weight excluding hydrogens is 356 g/mol. The van der Waals surface area contributed by atoms with Gasteiger partial charge in [-0.05, 0) is 24.3 Å². The molecule has 142 valence electrons. The minimum atomic E-state index is -0.866. The number of aromatic nitrogens is 1. The van der Waals surface area contributed by atoms with Gasteiger partial charge in [0.2, 0.25) is 12.7 Å². The molecule has 1 aromatic carbocycles. The van der Waals surface area contributed by atoms with Gasteiger partial charge in [0.1, 0.15) is 17.2 Å². The summed E-state index contributed by atoms with van der Waals surface area (Å²) in [5.41, 5.74) is 11.7. The molecule has 0 bridgehead atoms. The normalized spacial score (nSPS) is 10.4. The highest BCUT2D eigenvalue weighted by atomic mass is 16.8. The Morgan fingerprint density at radius 2 is 1.89 bits per heavy atom. The number of rotatable bonds is 7. The molecule has 0 unspecified atom stereocenters. The van der Waals surface area contributed by atoms with E-state index in [0.29, 0.717) is 17.1 Å². The molecule has 2 aromatic rings. The summed E-state index contributed by atoms with van der Waals surface area (Å²) in [4.78, 5) is 26.2. The number of methoxy groups -OCH3 is 1. The zero-order valence-corrected chi connectivity index (χ0v) is 14.4. The largest absolute Gasteiger partial charge is 0.510 e. The summed E-state index contributed by atoms with van der Waals surface area (Å²) in [7, 11) is 1.19. The summed E-state index contributed by atoms with van der Waals surface area (Å²) < 4.78 is 14.3. The fourth-order valence-corrected chi connectivity index (χ4v) is 1.79. The summed E-state index contributed by atoms with van der Waals surface area (Å²) in [6, 6.07) is 9.79. The number of hydrogen-bond acceptors (Lipinski definition) is 10. The lowest BCUT2D eigenvalue weighted by Crippen LogP contribution is -2.22. The molecule has 1 heterocycles. The Morgan fingerprint density at radius 1 is 1.15 bits per heavy atom. The van der Waals surface area contributed by atoms with Gasteiger partial charge in [-0.15, -0.1) is 10.2 Å². The second-order valence-electron chi connectivity index (χ2n) is 4.88. The first-order valence-corrected chi connectivity index (χ1v) is 7.64. The number of nitrogens with one attached hydrogen (secondary N) is 1. The maximum absolute atomic E-state index is 11.3. The van der Waals surface area contributed by atoms with Crippen LogP contribution in [0.3, 0.4) is 0 Å². The van der Waals surface area contributed by atoms with E-state index in [-0.39, 0.29) is 25.0 Å². The van der Waals surface area contributed by atoms with Crippen molar-refractivity contribution in [3.63, 3.8) is 0 Å². The second-order valence-corrected chi connectivity index (χ2v) is 4.88. The van der Waals surface area contributed by atoms with Crippen LogP contribution in [0.15, 0.2) is 46.6 Å². The fourth-order valence-electron chi connectivity index (χ4n) is 1.79. The molecule has 1 aromatic heterocycles. The average Bonchev–Trinajstić information content (AvgIpc) is 2.68. The van der Waals surface area contributed by atoms with E-state index < -0.39 is 12.1 Å². The van der Waals surface area contributed by atoms with Crippen molar-refractivity contribution in [2.24, 2.45) is 16.0 Å². The number of hydrogen-bond donors (Lipinski definition) is 3. The van der Waals surface area contributed by atoms with Crippen LogP contribution >= 0.6 is 0 Å². The van der Waals surface area contributed by atoms with Gasteiger partial charge < -0.3 is 31.0 Å². The molecule has 0 aliphatic rings. The molecule has 0 radical (unpaired) electrons. The first-order chi connectivity index (χ1) is 13.0. The molecule has 27 heavy (non-hydrogen) atoms. The van der Waals surface area contributed by atoms with Crippen molar-refractivity contribution in [3.05, 3.63) is 36.4 Å². The molecule has 1 amide bonds. The number of pyridine rings is 1. The highest BCUT2D eigenvalue weighted by molar-refractivity contribution is 5.91. The maximum Gasteiger partial charge on any atom is 0.510 e.